The van der Waals surface area contributed by atoms with Gasteiger partial charge in [-0.05, 0) is 61.1 Å². The van der Waals surface area contributed by atoms with Crippen LogP contribution in [0.4, 0.5) is 0 Å². The van der Waals surface area contributed by atoms with Crippen molar-refractivity contribution in [2.75, 3.05) is 19.6 Å². The number of amides is 1. The van der Waals surface area contributed by atoms with E-state index in [0.29, 0.717) is 23.4 Å². The molecule has 1 aliphatic heterocycles. The van der Waals surface area contributed by atoms with Crippen molar-refractivity contribution in [2.24, 2.45) is 5.92 Å². The van der Waals surface area contributed by atoms with Gasteiger partial charge in [0.25, 0.3) is 0 Å². The van der Waals surface area contributed by atoms with Crippen LogP contribution >= 0.6 is 12.4 Å². The van der Waals surface area contributed by atoms with Gasteiger partial charge >= 0.3 is 0 Å². The zero-order valence-electron chi connectivity index (χ0n) is 16.9. The van der Waals surface area contributed by atoms with Crippen LogP contribution in [-0.4, -0.2) is 46.7 Å². The lowest BCUT2D eigenvalue weighted by atomic mass is 9.96. The molecule has 160 valence electrons. The number of benzene rings is 2. The first kappa shape index (κ1) is 22.2. The number of piperidine rings is 1. The molecule has 0 aromatic heterocycles. The summed E-state index contributed by atoms with van der Waals surface area (Å²) < 4.78 is 0. The SMILES string of the molecule is Cl.O=C(/C=C/c1ccc(O)c(O)c1)N1CCC(CN[C@@H]2C[C@H]2c2ccccc2)CC1. The molecule has 2 aromatic rings. The van der Waals surface area contributed by atoms with Gasteiger partial charge in [0.15, 0.2) is 11.5 Å². The van der Waals surface area contributed by atoms with E-state index in [4.69, 9.17) is 0 Å². The molecule has 1 saturated carbocycles. The van der Waals surface area contributed by atoms with E-state index in [-0.39, 0.29) is 29.8 Å². The number of carbonyl (C=O) groups is 1. The normalized spacial score (nSPS) is 21.4. The highest BCUT2D eigenvalue weighted by Crippen LogP contribution is 2.40. The number of halogens is 1. The van der Waals surface area contributed by atoms with Crippen LogP contribution in [-0.2, 0) is 4.79 Å². The Kier molecular flexibility index (Phi) is 7.40. The van der Waals surface area contributed by atoms with Crippen molar-refractivity contribution in [3.05, 3.63) is 65.7 Å². The van der Waals surface area contributed by atoms with Crippen LogP contribution in [0.1, 0.15) is 36.3 Å². The number of hydrogen-bond acceptors (Lipinski definition) is 4. The van der Waals surface area contributed by atoms with Crippen LogP contribution in [0.5, 0.6) is 11.5 Å². The molecule has 5 nitrogen and oxygen atoms in total. The van der Waals surface area contributed by atoms with Crippen molar-refractivity contribution in [1.29, 1.82) is 0 Å². The number of nitrogens with zero attached hydrogens (tertiary/aromatic N) is 1. The number of nitrogens with one attached hydrogen (secondary N) is 1. The van der Waals surface area contributed by atoms with Crippen LogP contribution in [0.2, 0.25) is 0 Å². The number of hydrogen-bond donors (Lipinski definition) is 3. The average Bonchev–Trinajstić information content (AvgIpc) is 3.54. The molecule has 0 radical (unpaired) electrons. The number of rotatable bonds is 6. The van der Waals surface area contributed by atoms with Crippen LogP contribution < -0.4 is 5.32 Å². The number of carbonyl (C=O) groups excluding carboxylic acids is 1. The maximum Gasteiger partial charge on any atom is 0.246 e. The second kappa shape index (κ2) is 10.0. The fraction of sp³-hybridized carbons (Fsp3) is 0.375. The number of aromatic hydroxyl groups is 2. The number of phenols is 2. The van der Waals surface area contributed by atoms with Gasteiger partial charge in [-0.1, -0.05) is 36.4 Å². The molecular formula is C24H29ClN2O3. The first-order chi connectivity index (χ1) is 14.1. The summed E-state index contributed by atoms with van der Waals surface area (Å²) in [7, 11) is 0. The Labute approximate surface area is 183 Å². The van der Waals surface area contributed by atoms with Gasteiger partial charge in [0.2, 0.25) is 5.91 Å². The molecule has 2 aliphatic rings. The predicted octanol–water partition coefficient (Wildman–Crippen LogP) is 3.92. The van der Waals surface area contributed by atoms with Crippen LogP contribution in [0.15, 0.2) is 54.6 Å². The van der Waals surface area contributed by atoms with Gasteiger partial charge in [0.1, 0.15) is 0 Å². The summed E-state index contributed by atoms with van der Waals surface area (Å²) in [5.41, 5.74) is 2.12. The van der Waals surface area contributed by atoms with Crippen molar-refractivity contribution in [3.63, 3.8) is 0 Å². The van der Waals surface area contributed by atoms with E-state index in [1.165, 1.54) is 24.1 Å². The third kappa shape index (κ3) is 5.55. The molecule has 4 rings (SSSR count). The number of likely N-dealkylation sites (tertiary alicyclic amines) is 1. The van der Waals surface area contributed by atoms with Crippen molar-refractivity contribution in [1.82, 2.24) is 10.2 Å². The third-order valence-electron chi connectivity index (χ3n) is 6.03. The van der Waals surface area contributed by atoms with Crippen LogP contribution in [0.3, 0.4) is 0 Å². The Morgan fingerprint density at radius 3 is 2.50 bits per heavy atom. The van der Waals surface area contributed by atoms with E-state index >= 15 is 0 Å². The molecule has 1 saturated heterocycles. The van der Waals surface area contributed by atoms with E-state index in [1.54, 1.807) is 18.2 Å². The van der Waals surface area contributed by atoms with E-state index in [0.717, 1.165) is 32.5 Å². The van der Waals surface area contributed by atoms with Crippen molar-refractivity contribution >= 4 is 24.4 Å². The Bertz CT molecular complexity index is 879. The molecule has 2 atom stereocenters. The predicted molar refractivity (Wildman–Crippen MR) is 121 cm³/mol. The smallest absolute Gasteiger partial charge is 0.246 e. The summed E-state index contributed by atoms with van der Waals surface area (Å²) >= 11 is 0. The average molecular weight is 429 g/mol. The molecule has 1 amide bonds. The molecule has 0 bridgehead atoms. The summed E-state index contributed by atoms with van der Waals surface area (Å²) in [5.74, 6) is 0.926. The second-order valence-electron chi connectivity index (χ2n) is 8.12. The van der Waals surface area contributed by atoms with Gasteiger partial charge in [-0.15, -0.1) is 12.4 Å². The van der Waals surface area contributed by atoms with E-state index < -0.39 is 0 Å². The molecule has 6 heteroatoms. The lowest BCUT2D eigenvalue weighted by Crippen LogP contribution is -2.40. The first-order valence-corrected chi connectivity index (χ1v) is 10.4. The zero-order chi connectivity index (χ0) is 20.2. The topological polar surface area (TPSA) is 72.8 Å². The van der Waals surface area contributed by atoms with Gasteiger partial charge < -0.3 is 20.4 Å². The highest BCUT2D eigenvalue weighted by Gasteiger charge is 2.38. The van der Waals surface area contributed by atoms with Gasteiger partial charge in [-0.3, -0.25) is 4.79 Å². The molecule has 0 unspecified atom stereocenters. The van der Waals surface area contributed by atoms with Gasteiger partial charge in [-0.25, -0.2) is 0 Å². The first-order valence-electron chi connectivity index (χ1n) is 10.4. The van der Waals surface area contributed by atoms with Gasteiger partial charge in [0.05, 0.1) is 0 Å². The lowest BCUT2D eigenvalue weighted by Gasteiger charge is -2.31. The summed E-state index contributed by atoms with van der Waals surface area (Å²) in [6.45, 7) is 2.59. The quantitative estimate of drug-likeness (QED) is 0.481. The Morgan fingerprint density at radius 1 is 1.07 bits per heavy atom. The molecule has 1 heterocycles. The van der Waals surface area contributed by atoms with Crippen molar-refractivity contribution in [3.8, 4) is 11.5 Å². The fourth-order valence-corrected chi connectivity index (χ4v) is 4.08. The minimum atomic E-state index is -0.182. The summed E-state index contributed by atoms with van der Waals surface area (Å²) in [6.07, 6.45) is 6.48. The van der Waals surface area contributed by atoms with Crippen LogP contribution in [0.25, 0.3) is 6.08 Å². The summed E-state index contributed by atoms with van der Waals surface area (Å²) in [5, 5.41) is 22.6. The summed E-state index contributed by atoms with van der Waals surface area (Å²) in [6, 6.07) is 15.8. The van der Waals surface area contributed by atoms with Crippen molar-refractivity contribution < 1.29 is 15.0 Å². The minimum Gasteiger partial charge on any atom is -0.504 e. The Hall–Kier alpha value is -2.50. The summed E-state index contributed by atoms with van der Waals surface area (Å²) in [4.78, 5) is 14.3. The highest BCUT2D eigenvalue weighted by atomic mass is 35.5. The monoisotopic (exact) mass is 428 g/mol. The number of phenolic OH excluding ortho intramolecular Hbond substituents is 2. The second-order valence-corrected chi connectivity index (χ2v) is 8.12. The minimum absolute atomic E-state index is 0. The molecule has 2 fully saturated rings. The van der Waals surface area contributed by atoms with E-state index in [9.17, 15) is 15.0 Å². The molecular weight excluding hydrogens is 400 g/mol. The highest BCUT2D eigenvalue weighted by molar-refractivity contribution is 5.91. The maximum absolute atomic E-state index is 12.4. The third-order valence-corrected chi connectivity index (χ3v) is 6.03. The van der Waals surface area contributed by atoms with Gasteiger partial charge in [0, 0.05) is 31.1 Å². The molecule has 30 heavy (non-hydrogen) atoms. The largest absolute Gasteiger partial charge is 0.504 e. The van der Waals surface area contributed by atoms with E-state index in [1.807, 2.05) is 4.90 Å². The zero-order valence-corrected chi connectivity index (χ0v) is 17.7. The Balaban J connectivity index is 0.00000256. The van der Waals surface area contributed by atoms with Gasteiger partial charge in [-0.2, -0.15) is 0 Å². The Morgan fingerprint density at radius 2 is 1.80 bits per heavy atom. The van der Waals surface area contributed by atoms with E-state index in [2.05, 4.69) is 35.6 Å². The standard InChI is InChI=1S/C24H28N2O3.ClH/c27-22-8-6-17(14-23(22)28)7-9-24(29)26-12-10-18(11-13-26)16-25-21-15-20(21)19-4-2-1-3-5-19;/h1-9,14,18,20-21,25,27-28H,10-13,15-16H2;1H/b9-7+;/t20-,21+;/m0./s1. The van der Waals surface area contributed by atoms with Crippen LogP contribution in [0, 0.1) is 5.92 Å². The maximum atomic E-state index is 12.4. The molecule has 3 N–H and O–H groups in total. The fourth-order valence-electron chi connectivity index (χ4n) is 4.08. The molecule has 2 aromatic carbocycles. The van der Waals surface area contributed by atoms with Crippen molar-refractivity contribution in [2.45, 2.75) is 31.2 Å². The lowest BCUT2D eigenvalue weighted by molar-refractivity contribution is -0.127. The molecule has 1 aliphatic carbocycles. The molecule has 0 spiro atoms.